The third-order valence-electron chi connectivity index (χ3n) is 4.87. The molecule has 118 valence electrons. The number of carbonyl (C=O) groups is 1. The average molecular weight is 300 g/mol. The molecule has 1 aromatic carbocycles. The van der Waals surface area contributed by atoms with Gasteiger partial charge in [-0.3, -0.25) is 4.79 Å². The monoisotopic (exact) mass is 300 g/mol. The summed E-state index contributed by atoms with van der Waals surface area (Å²) in [5.74, 6) is 0.713. The second-order valence-corrected chi connectivity index (χ2v) is 6.78. The number of aromatic amines is 1. The van der Waals surface area contributed by atoms with E-state index in [9.17, 15) is 4.79 Å². The van der Waals surface area contributed by atoms with Crippen molar-refractivity contribution in [2.24, 2.45) is 5.92 Å². The number of hydrogen-bond donors (Lipinski definition) is 2. The molecular formula is C18H26N3O+. The summed E-state index contributed by atoms with van der Waals surface area (Å²) in [6.45, 7) is 7.95. The van der Waals surface area contributed by atoms with Crippen molar-refractivity contribution in [2.45, 2.75) is 39.3 Å². The Kier molecular flexibility index (Phi) is 4.21. The third kappa shape index (κ3) is 2.88. The molecule has 0 radical (unpaired) electrons. The van der Waals surface area contributed by atoms with Crippen molar-refractivity contribution in [3.8, 4) is 0 Å². The maximum Gasteiger partial charge on any atom is 0.220 e. The van der Waals surface area contributed by atoms with Crippen LogP contribution in [0.5, 0.6) is 0 Å². The van der Waals surface area contributed by atoms with Crippen LogP contribution in [0.15, 0.2) is 30.5 Å². The van der Waals surface area contributed by atoms with Crippen molar-refractivity contribution >= 4 is 16.8 Å². The Bertz CT molecular complexity index is 661. The van der Waals surface area contributed by atoms with E-state index < -0.39 is 0 Å². The van der Waals surface area contributed by atoms with Crippen LogP contribution in [0, 0.1) is 5.92 Å². The first-order valence-corrected chi connectivity index (χ1v) is 8.21. The smallest absolute Gasteiger partial charge is 0.220 e. The van der Waals surface area contributed by atoms with Gasteiger partial charge in [-0.15, -0.1) is 0 Å². The summed E-state index contributed by atoms with van der Waals surface area (Å²) in [4.78, 5) is 17.4. The lowest BCUT2D eigenvalue weighted by atomic mass is 9.95. The highest BCUT2D eigenvalue weighted by atomic mass is 16.2. The van der Waals surface area contributed by atoms with Gasteiger partial charge in [0.25, 0.3) is 0 Å². The quantitative estimate of drug-likeness (QED) is 0.887. The van der Waals surface area contributed by atoms with Crippen LogP contribution >= 0.6 is 0 Å². The van der Waals surface area contributed by atoms with Crippen molar-refractivity contribution < 1.29 is 10.1 Å². The van der Waals surface area contributed by atoms with Gasteiger partial charge in [0.1, 0.15) is 6.04 Å². The molecule has 2 aromatic rings. The average Bonchev–Trinajstić information content (AvgIpc) is 2.90. The third-order valence-corrected chi connectivity index (χ3v) is 4.87. The molecule has 0 bridgehead atoms. The van der Waals surface area contributed by atoms with Gasteiger partial charge in [0.05, 0.1) is 19.1 Å². The molecule has 0 aliphatic carbocycles. The van der Waals surface area contributed by atoms with Gasteiger partial charge in [-0.1, -0.05) is 32.0 Å². The van der Waals surface area contributed by atoms with Crippen LogP contribution in [0.2, 0.25) is 0 Å². The molecule has 1 amide bonds. The van der Waals surface area contributed by atoms with E-state index >= 15 is 0 Å². The van der Waals surface area contributed by atoms with Crippen LogP contribution in [0.1, 0.15) is 26.3 Å². The molecule has 4 nitrogen and oxygen atoms in total. The number of nitrogens with one attached hydrogen (secondary N) is 1. The lowest BCUT2D eigenvalue weighted by Crippen LogP contribution is -2.97. The maximum atomic E-state index is 12.0. The summed E-state index contributed by atoms with van der Waals surface area (Å²) in [6.07, 6.45) is 3.11. The number of nitrogens with zero attached hydrogens (tertiary/aromatic N) is 1. The van der Waals surface area contributed by atoms with Gasteiger partial charge >= 0.3 is 0 Å². The summed E-state index contributed by atoms with van der Waals surface area (Å²) < 4.78 is 0. The number of amides is 1. The summed E-state index contributed by atoms with van der Waals surface area (Å²) in [5.41, 5.74) is 2.54. The van der Waals surface area contributed by atoms with E-state index in [4.69, 9.17) is 0 Å². The Balaban J connectivity index is 1.75. The first-order chi connectivity index (χ1) is 10.6. The summed E-state index contributed by atoms with van der Waals surface area (Å²) in [7, 11) is 0. The van der Waals surface area contributed by atoms with Crippen LogP contribution < -0.4 is 5.32 Å². The fraction of sp³-hybridized carbons (Fsp3) is 0.500. The zero-order valence-corrected chi connectivity index (χ0v) is 13.7. The Morgan fingerprint density at radius 3 is 2.91 bits per heavy atom. The zero-order valence-electron chi connectivity index (χ0n) is 13.7. The standard InChI is InChI=1S/C18H25N3O/c1-12(2)18-10-19-15(11-21(18)13(3)22)8-14-9-20-17-7-5-4-6-16(14)17/h4-7,9,12,15,18-20H,8,10-11H2,1-3H3/p+1/t15-,18+/m0/s1. The second kappa shape index (κ2) is 6.13. The van der Waals surface area contributed by atoms with Crippen molar-refractivity contribution in [1.29, 1.82) is 0 Å². The number of aromatic nitrogens is 1. The van der Waals surface area contributed by atoms with Crippen LogP contribution in [-0.4, -0.2) is 41.0 Å². The van der Waals surface area contributed by atoms with Gasteiger partial charge in [-0.2, -0.15) is 0 Å². The number of para-hydroxylation sites is 1. The van der Waals surface area contributed by atoms with E-state index in [1.54, 1.807) is 6.92 Å². The van der Waals surface area contributed by atoms with E-state index in [1.807, 2.05) is 0 Å². The number of quaternary nitrogens is 1. The minimum absolute atomic E-state index is 0.204. The lowest BCUT2D eigenvalue weighted by Gasteiger charge is -2.39. The first-order valence-electron chi connectivity index (χ1n) is 8.21. The minimum Gasteiger partial charge on any atom is -0.361 e. The fourth-order valence-electron chi connectivity index (χ4n) is 3.65. The molecule has 2 heterocycles. The molecule has 22 heavy (non-hydrogen) atoms. The number of H-pyrrole nitrogens is 1. The minimum atomic E-state index is 0.204. The highest BCUT2D eigenvalue weighted by Gasteiger charge is 2.34. The lowest BCUT2D eigenvalue weighted by molar-refractivity contribution is -0.702. The highest BCUT2D eigenvalue weighted by molar-refractivity contribution is 5.83. The van der Waals surface area contributed by atoms with E-state index in [0.29, 0.717) is 18.0 Å². The number of fused-ring (bicyclic) bond motifs is 1. The Hall–Kier alpha value is -1.81. The first kappa shape index (κ1) is 15.1. The van der Waals surface area contributed by atoms with E-state index in [2.05, 4.69) is 59.5 Å². The van der Waals surface area contributed by atoms with Crippen LogP contribution in [0.25, 0.3) is 10.9 Å². The summed E-state index contributed by atoms with van der Waals surface area (Å²) in [6, 6.07) is 9.22. The predicted octanol–water partition coefficient (Wildman–Crippen LogP) is 1.53. The van der Waals surface area contributed by atoms with E-state index in [1.165, 1.54) is 16.5 Å². The van der Waals surface area contributed by atoms with Gasteiger partial charge in [-0.05, 0) is 17.5 Å². The Morgan fingerprint density at radius 2 is 2.18 bits per heavy atom. The molecule has 1 fully saturated rings. The van der Waals surface area contributed by atoms with Crippen molar-refractivity contribution in [3.05, 3.63) is 36.0 Å². The predicted molar refractivity (Wildman–Crippen MR) is 88.6 cm³/mol. The Morgan fingerprint density at radius 1 is 1.41 bits per heavy atom. The maximum absolute atomic E-state index is 12.0. The van der Waals surface area contributed by atoms with Crippen molar-refractivity contribution in [1.82, 2.24) is 9.88 Å². The summed E-state index contributed by atoms with van der Waals surface area (Å²) in [5, 5.41) is 3.72. The largest absolute Gasteiger partial charge is 0.361 e. The molecule has 1 saturated heterocycles. The number of hydrogen-bond acceptors (Lipinski definition) is 1. The molecule has 3 rings (SSSR count). The number of benzene rings is 1. The molecule has 1 aromatic heterocycles. The highest BCUT2D eigenvalue weighted by Crippen LogP contribution is 2.20. The van der Waals surface area contributed by atoms with Gasteiger partial charge < -0.3 is 15.2 Å². The van der Waals surface area contributed by atoms with Crippen LogP contribution in [0.3, 0.4) is 0 Å². The molecule has 0 saturated carbocycles. The SMILES string of the molecule is CC(=O)N1C[C@H](Cc2c[nH]c3ccccc23)[NH2+]C[C@@H]1C(C)C. The van der Waals surface area contributed by atoms with Crippen LogP contribution in [-0.2, 0) is 11.2 Å². The molecule has 1 aliphatic heterocycles. The topological polar surface area (TPSA) is 52.7 Å². The molecule has 4 heteroatoms. The number of rotatable bonds is 3. The van der Waals surface area contributed by atoms with Gasteiger partial charge in [0.15, 0.2) is 0 Å². The van der Waals surface area contributed by atoms with Gasteiger partial charge in [0, 0.05) is 30.4 Å². The van der Waals surface area contributed by atoms with Crippen LogP contribution in [0.4, 0.5) is 0 Å². The molecule has 3 N–H and O–H groups in total. The number of carbonyl (C=O) groups excluding carboxylic acids is 1. The second-order valence-electron chi connectivity index (χ2n) is 6.78. The van der Waals surface area contributed by atoms with Gasteiger partial charge in [-0.25, -0.2) is 0 Å². The normalized spacial score (nSPS) is 22.5. The van der Waals surface area contributed by atoms with Crippen molar-refractivity contribution in [2.75, 3.05) is 13.1 Å². The number of piperazine rings is 1. The van der Waals surface area contributed by atoms with E-state index in [0.717, 1.165) is 19.5 Å². The molecule has 0 unspecified atom stereocenters. The molecular weight excluding hydrogens is 274 g/mol. The van der Waals surface area contributed by atoms with Gasteiger partial charge in [0.2, 0.25) is 5.91 Å². The fourth-order valence-corrected chi connectivity index (χ4v) is 3.65. The zero-order chi connectivity index (χ0) is 15.7. The molecule has 2 atom stereocenters. The number of nitrogens with two attached hydrogens (primary N) is 1. The summed E-state index contributed by atoms with van der Waals surface area (Å²) >= 11 is 0. The van der Waals surface area contributed by atoms with E-state index in [-0.39, 0.29) is 5.91 Å². The Labute approximate surface area is 131 Å². The molecule has 0 spiro atoms. The molecule has 1 aliphatic rings. The van der Waals surface area contributed by atoms with Crippen molar-refractivity contribution in [3.63, 3.8) is 0 Å².